The van der Waals surface area contributed by atoms with Crippen LogP contribution in [0.1, 0.15) is 13.3 Å². The van der Waals surface area contributed by atoms with Gasteiger partial charge in [-0.25, -0.2) is 4.39 Å². The van der Waals surface area contributed by atoms with Crippen LogP contribution in [0.4, 0.5) is 10.1 Å². The van der Waals surface area contributed by atoms with Crippen molar-refractivity contribution in [3.63, 3.8) is 0 Å². The minimum atomic E-state index is -0.291. The molecule has 1 heterocycles. The lowest BCUT2D eigenvalue weighted by atomic mass is 10.1. The van der Waals surface area contributed by atoms with Crippen LogP contribution in [0, 0.1) is 5.82 Å². The highest BCUT2D eigenvalue weighted by Crippen LogP contribution is 2.28. The van der Waals surface area contributed by atoms with E-state index in [9.17, 15) is 4.39 Å². The number of hydrogen-bond acceptors (Lipinski definition) is 2. The van der Waals surface area contributed by atoms with Crippen molar-refractivity contribution < 1.29 is 4.39 Å². The fourth-order valence-corrected chi connectivity index (χ4v) is 2.03. The van der Waals surface area contributed by atoms with Crippen LogP contribution in [0.5, 0.6) is 0 Å². The van der Waals surface area contributed by atoms with Crippen molar-refractivity contribution in [2.24, 2.45) is 0 Å². The largest absolute Gasteiger partial charge is 0.396 e. The van der Waals surface area contributed by atoms with E-state index in [1.807, 2.05) is 4.68 Å². The molecular formula is C12H13BrFN3. The second kappa shape index (κ2) is 4.87. The van der Waals surface area contributed by atoms with Gasteiger partial charge in [0.25, 0.3) is 0 Å². The molecule has 0 saturated carbocycles. The Hall–Kier alpha value is -1.36. The Morgan fingerprint density at radius 1 is 1.47 bits per heavy atom. The number of aromatic nitrogens is 2. The lowest BCUT2D eigenvalue weighted by molar-refractivity contribution is 0.604. The molecule has 0 atom stereocenters. The van der Waals surface area contributed by atoms with Crippen molar-refractivity contribution in [1.82, 2.24) is 9.78 Å². The topological polar surface area (TPSA) is 43.8 Å². The number of rotatable bonds is 3. The lowest BCUT2D eigenvalue weighted by Gasteiger charge is -2.00. The van der Waals surface area contributed by atoms with Crippen LogP contribution in [0.25, 0.3) is 11.3 Å². The van der Waals surface area contributed by atoms with Gasteiger partial charge in [0.05, 0.1) is 10.2 Å². The highest BCUT2D eigenvalue weighted by Gasteiger charge is 2.10. The number of benzene rings is 1. The van der Waals surface area contributed by atoms with Crippen LogP contribution in [-0.2, 0) is 6.54 Å². The fourth-order valence-electron chi connectivity index (χ4n) is 1.65. The summed E-state index contributed by atoms with van der Waals surface area (Å²) in [7, 11) is 0. The Bertz CT molecular complexity index is 537. The Morgan fingerprint density at radius 2 is 2.24 bits per heavy atom. The summed E-state index contributed by atoms with van der Waals surface area (Å²) < 4.78 is 15.4. The minimum Gasteiger partial charge on any atom is -0.396 e. The molecule has 2 aromatic rings. The third kappa shape index (κ3) is 2.49. The first-order valence-corrected chi connectivity index (χ1v) is 6.19. The normalized spacial score (nSPS) is 10.8. The van der Waals surface area contributed by atoms with Crippen molar-refractivity contribution in [2.45, 2.75) is 19.9 Å². The summed E-state index contributed by atoms with van der Waals surface area (Å²) in [4.78, 5) is 0. The molecule has 0 radical (unpaired) electrons. The Morgan fingerprint density at radius 3 is 2.88 bits per heavy atom. The summed E-state index contributed by atoms with van der Waals surface area (Å²) in [6.45, 7) is 2.90. The molecule has 3 nitrogen and oxygen atoms in total. The lowest BCUT2D eigenvalue weighted by Crippen LogP contribution is -1.96. The minimum absolute atomic E-state index is 0.291. The summed E-state index contributed by atoms with van der Waals surface area (Å²) in [5, 5.41) is 4.39. The third-order valence-corrected chi connectivity index (χ3v) is 3.04. The van der Waals surface area contributed by atoms with Gasteiger partial charge in [-0.2, -0.15) is 5.10 Å². The second-order valence-electron chi connectivity index (χ2n) is 3.83. The predicted octanol–water partition coefficient (Wildman–Crippen LogP) is 3.44. The van der Waals surface area contributed by atoms with Gasteiger partial charge in [-0.05, 0) is 40.5 Å². The molecule has 0 saturated heterocycles. The fraction of sp³-hybridized carbons (Fsp3) is 0.250. The van der Waals surface area contributed by atoms with E-state index in [4.69, 9.17) is 5.73 Å². The Balaban J connectivity index is 2.41. The van der Waals surface area contributed by atoms with E-state index in [1.165, 1.54) is 6.07 Å². The molecule has 1 aromatic heterocycles. The molecule has 2 rings (SSSR count). The summed E-state index contributed by atoms with van der Waals surface area (Å²) in [6.07, 6.45) is 2.80. The molecule has 90 valence electrons. The monoisotopic (exact) mass is 297 g/mol. The van der Waals surface area contributed by atoms with Gasteiger partial charge in [0.1, 0.15) is 11.5 Å². The van der Waals surface area contributed by atoms with Gasteiger partial charge in [-0.1, -0.05) is 6.92 Å². The first-order chi connectivity index (χ1) is 8.11. The SMILES string of the molecule is CCCn1cc(N)c(-c2ccc(F)c(Br)c2)n1. The molecule has 0 aliphatic rings. The third-order valence-electron chi connectivity index (χ3n) is 2.44. The molecule has 17 heavy (non-hydrogen) atoms. The van der Waals surface area contributed by atoms with E-state index in [1.54, 1.807) is 18.3 Å². The zero-order valence-electron chi connectivity index (χ0n) is 9.45. The maximum Gasteiger partial charge on any atom is 0.137 e. The maximum atomic E-state index is 13.1. The first kappa shape index (κ1) is 12.1. The molecule has 0 aliphatic heterocycles. The van der Waals surface area contributed by atoms with Crippen LogP contribution >= 0.6 is 15.9 Å². The van der Waals surface area contributed by atoms with Crippen LogP contribution in [-0.4, -0.2) is 9.78 Å². The molecular weight excluding hydrogens is 285 g/mol. The Labute approximate surface area is 108 Å². The predicted molar refractivity (Wildman–Crippen MR) is 70.0 cm³/mol. The number of halogens is 2. The number of nitrogen functional groups attached to an aromatic ring is 1. The maximum absolute atomic E-state index is 13.1. The van der Waals surface area contributed by atoms with Crippen LogP contribution < -0.4 is 5.73 Å². The summed E-state index contributed by atoms with van der Waals surface area (Å²) >= 11 is 3.16. The van der Waals surface area contributed by atoms with Gasteiger partial charge in [-0.15, -0.1) is 0 Å². The van der Waals surface area contributed by atoms with E-state index in [0.717, 1.165) is 18.5 Å². The first-order valence-electron chi connectivity index (χ1n) is 5.40. The molecule has 1 aromatic carbocycles. The highest BCUT2D eigenvalue weighted by molar-refractivity contribution is 9.10. The van der Waals surface area contributed by atoms with E-state index < -0.39 is 0 Å². The Kier molecular flexibility index (Phi) is 3.47. The molecule has 2 N–H and O–H groups in total. The van der Waals surface area contributed by atoms with E-state index in [-0.39, 0.29) is 5.82 Å². The van der Waals surface area contributed by atoms with Gasteiger partial charge < -0.3 is 5.73 Å². The standard InChI is InChI=1S/C12H13BrFN3/c1-2-5-17-7-11(15)12(16-17)8-3-4-10(14)9(13)6-8/h3-4,6-7H,2,5,15H2,1H3. The summed E-state index contributed by atoms with van der Waals surface area (Å²) in [5.41, 5.74) is 8.01. The molecule has 0 spiro atoms. The molecule has 5 heteroatoms. The molecule has 0 unspecified atom stereocenters. The molecule has 0 fully saturated rings. The van der Waals surface area contributed by atoms with Crippen LogP contribution in [0.3, 0.4) is 0 Å². The van der Waals surface area contributed by atoms with Gasteiger partial charge in [0.2, 0.25) is 0 Å². The van der Waals surface area contributed by atoms with E-state index in [0.29, 0.717) is 15.9 Å². The zero-order chi connectivity index (χ0) is 12.4. The van der Waals surface area contributed by atoms with Crippen LogP contribution in [0.15, 0.2) is 28.9 Å². The number of nitrogens with zero attached hydrogens (tertiary/aromatic N) is 2. The van der Waals surface area contributed by atoms with Crippen molar-refractivity contribution in [1.29, 1.82) is 0 Å². The molecule has 0 bridgehead atoms. The molecule has 0 aliphatic carbocycles. The van der Waals surface area contributed by atoms with Gasteiger partial charge >= 0.3 is 0 Å². The van der Waals surface area contributed by atoms with Crippen molar-refractivity contribution in [2.75, 3.05) is 5.73 Å². The van der Waals surface area contributed by atoms with Crippen LogP contribution in [0.2, 0.25) is 0 Å². The number of anilines is 1. The van der Waals surface area contributed by atoms with E-state index >= 15 is 0 Å². The summed E-state index contributed by atoms with van der Waals surface area (Å²) in [6, 6.07) is 4.76. The zero-order valence-corrected chi connectivity index (χ0v) is 11.0. The number of hydrogen-bond donors (Lipinski definition) is 1. The van der Waals surface area contributed by atoms with Gasteiger partial charge in [0.15, 0.2) is 0 Å². The quantitative estimate of drug-likeness (QED) is 0.943. The molecule has 0 amide bonds. The average molecular weight is 298 g/mol. The van der Waals surface area contributed by atoms with E-state index in [2.05, 4.69) is 28.0 Å². The van der Waals surface area contributed by atoms with Gasteiger partial charge in [0, 0.05) is 18.3 Å². The number of aryl methyl sites for hydroxylation is 1. The highest BCUT2D eigenvalue weighted by atomic mass is 79.9. The van der Waals surface area contributed by atoms with Crippen molar-refractivity contribution in [3.8, 4) is 11.3 Å². The van der Waals surface area contributed by atoms with Crippen molar-refractivity contribution in [3.05, 3.63) is 34.7 Å². The van der Waals surface area contributed by atoms with Crippen molar-refractivity contribution >= 4 is 21.6 Å². The average Bonchev–Trinajstić information content (AvgIpc) is 2.64. The van der Waals surface area contributed by atoms with Gasteiger partial charge in [-0.3, -0.25) is 4.68 Å². The number of nitrogens with two attached hydrogens (primary N) is 1. The smallest absolute Gasteiger partial charge is 0.137 e. The second-order valence-corrected chi connectivity index (χ2v) is 4.68. The summed E-state index contributed by atoms with van der Waals surface area (Å²) in [5.74, 6) is -0.291.